The van der Waals surface area contributed by atoms with Crippen molar-refractivity contribution in [2.24, 2.45) is 0 Å². The van der Waals surface area contributed by atoms with Crippen molar-refractivity contribution in [2.75, 3.05) is 0 Å². The first kappa shape index (κ1) is 6.74. The van der Waals surface area contributed by atoms with Gasteiger partial charge in [0.15, 0.2) is 0 Å². The number of rotatable bonds is 3. The number of allylic oxidation sites excluding steroid dienone is 2. The van der Waals surface area contributed by atoms with Crippen LogP contribution in [0.3, 0.4) is 0 Å². The highest BCUT2D eigenvalue weighted by molar-refractivity contribution is 4.76. The van der Waals surface area contributed by atoms with Gasteiger partial charge in [0.1, 0.15) is 0 Å². The van der Waals surface area contributed by atoms with Crippen LogP contribution in [0, 0.1) is 6.92 Å². The Morgan fingerprint density at radius 1 is 1.57 bits per heavy atom. The summed E-state index contributed by atoms with van der Waals surface area (Å²) in [6, 6.07) is 0. The van der Waals surface area contributed by atoms with Gasteiger partial charge in [0, 0.05) is 0 Å². The molecule has 0 spiro atoms. The van der Waals surface area contributed by atoms with Crippen molar-refractivity contribution in [2.45, 2.75) is 26.2 Å². The quantitative estimate of drug-likeness (QED) is 0.375. The lowest BCUT2D eigenvalue weighted by Crippen LogP contribution is -1.64. The molecule has 0 N–H and O–H groups in total. The monoisotopic (exact) mass is 97.1 g/mol. The third-order valence-electron chi connectivity index (χ3n) is 0.856. The van der Waals surface area contributed by atoms with Gasteiger partial charge in [0.05, 0.1) is 0 Å². The smallest absolute Gasteiger partial charge is 0.0351 e. The lowest BCUT2D eigenvalue weighted by molar-refractivity contribution is 0.865. The molecule has 0 nitrogen and oxygen atoms in total. The van der Waals surface area contributed by atoms with Crippen molar-refractivity contribution in [3.05, 3.63) is 19.1 Å². The van der Waals surface area contributed by atoms with Gasteiger partial charge in [-0.05, 0) is 19.8 Å². The molecule has 0 atom stereocenters. The Labute approximate surface area is 46.2 Å². The highest BCUT2D eigenvalue weighted by Crippen LogP contribution is 1.92. The van der Waals surface area contributed by atoms with Gasteiger partial charge >= 0.3 is 0 Å². The minimum Gasteiger partial charge on any atom is -0.0917 e. The fourth-order valence-corrected chi connectivity index (χ4v) is 0.429. The van der Waals surface area contributed by atoms with Gasteiger partial charge in [-0.25, -0.2) is 0 Å². The van der Waals surface area contributed by atoms with E-state index in [0.717, 1.165) is 6.42 Å². The summed E-state index contributed by atoms with van der Waals surface area (Å²) in [5.41, 5.74) is 0. The topological polar surface area (TPSA) is 0 Å². The van der Waals surface area contributed by atoms with Gasteiger partial charge in [0.2, 0.25) is 0 Å². The van der Waals surface area contributed by atoms with E-state index in [9.17, 15) is 0 Å². The highest BCUT2D eigenvalue weighted by Gasteiger charge is 1.73. The van der Waals surface area contributed by atoms with Gasteiger partial charge in [-0.1, -0.05) is 25.5 Å². The molecule has 0 unspecified atom stereocenters. The summed E-state index contributed by atoms with van der Waals surface area (Å²) in [5, 5.41) is 0. The third kappa shape index (κ3) is 5.74. The maximum absolute atomic E-state index is 3.72. The molecule has 0 aromatic rings. The van der Waals surface area contributed by atoms with Crippen LogP contribution in [0.15, 0.2) is 12.2 Å². The number of hydrogen-bond acceptors (Lipinski definition) is 0. The molecule has 0 heteroatoms. The van der Waals surface area contributed by atoms with E-state index in [1.54, 1.807) is 0 Å². The first-order valence-electron chi connectivity index (χ1n) is 2.82. The number of hydrogen-bond donors (Lipinski definition) is 0. The van der Waals surface area contributed by atoms with Gasteiger partial charge in [-0.3, -0.25) is 0 Å². The fraction of sp³-hybridized carbons (Fsp3) is 0.571. The molecule has 0 saturated heterocycles. The zero-order valence-corrected chi connectivity index (χ0v) is 4.98. The predicted octanol–water partition coefficient (Wildman–Crippen LogP) is 2.57. The average Bonchev–Trinajstić information content (AvgIpc) is 1.69. The molecule has 0 aliphatic rings. The Morgan fingerprint density at radius 2 is 2.29 bits per heavy atom. The first-order valence-corrected chi connectivity index (χ1v) is 2.82. The largest absolute Gasteiger partial charge is 0.0917 e. The van der Waals surface area contributed by atoms with Crippen molar-refractivity contribution >= 4 is 0 Å². The number of unbranched alkanes of at least 4 members (excludes halogenated alkanes) is 2. The van der Waals surface area contributed by atoms with Crippen LogP contribution in [0.4, 0.5) is 0 Å². The van der Waals surface area contributed by atoms with E-state index in [2.05, 4.69) is 19.1 Å². The molecule has 7 heavy (non-hydrogen) atoms. The molecule has 41 valence electrons. The molecule has 0 rings (SSSR count). The second kappa shape index (κ2) is 5.74. The molecule has 0 aromatic heterocycles. The van der Waals surface area contributed by atoms with Crippen molar-refractivity contribution in [3.8, 4) is 0 Å². The Bertz CT molecular complexity index is 44.0. The summed E-state index contributed by atoms with van der Waals surface area (Å²) in [6.45, 7) is 5.77. The van der Waals surface area contributed by atoms with Crippen LogP contribution in [0.2, 0.25) is 0 Å². The zero-order chi connectivity index (χ0) is 5.54. The van der Waals surface area contributed by atoms with Crippen molar-refractivity contribution in [1.29, 1.82) is 0 Å². The van der Waals surface area contributed by atoms with Crippen LogP contribution in [-0.4, -0.2) is 0 Å². The van der Waals surface area contributed by atoms with Crippen molar-refractivity contribution in [3.63, 3.8) is 0 Å². The summed E-state index contributed by atoms with van der Waals surface area (Å²) >= 11 is 0. The van der Waals surface area contributed by atoms with E-state index >= 15 is 0 Å². The average molecular weight is 97.2 g/mol. The zero-order valence-electron chi connectivity index (χ0n) is 4.98. The van der Waals surface area contributed by atoms with Crippen LogP contribution in [0.25, 0.3) is 0 Å². The summed E-state index contributed by atoms with van der Waals surface area (Å²) in [5.74, 6) is 0. The van der Waals surface area contributed by atoms with Crippen LogP contribution in [-0.2, 0) is 0 Å². The van der Waals surface area contributed by atoms with E-state index in [4.69, 9.17) is 0 Å². The Kier molecular flexibility index (Phi) is 5.53. The molecule has 0 fully saturated rings. The minimum absolute atomic E-state index is 1.06. The third-order valence-corrected chi connectivity index (χ3v) is 0.856. The lowest BCUT2D eigenvalue weighted by Gasteiger charge is -1.83. The molecular formula is C7H13. The van der Waals surface area contributed by atoms with E-state index in [1.807, 2.05) is 6.92 Å². The second-order valence-electron chi connectivity index (χ2n) is 1.56. The Balaban J connectivity index is 2.69. The molecule has 1 radical (unpaired) electrons. The van der Waals surface area contributed by atoms with Crippen LogP contribution < -0.4 is 0 Å². The summed E-state index contributed by atoms with van der Waals surface area (Å²) in [4.78, 5) is 0. The van der Waals surface area contributed by atoms with Crippen molar-refractivity contribution in [1.82, 2.24) is 0 Å². The Hall–Kier alpha value is -0.260. The lowest BCUT2D eigenvalue weighted by atomic mass is 10.2. The summed E-state index contributed by atoms with van der Waals surface area (Å²) in [7, 11) is 0. The minimum atomic E-state index is 1.06. The first-order chi connectivity index (χ1) is 3.41. The van der Waals surface area contributed by atoms with E-state index < -0.39 is 0 Å². The second-order valence-corrected chi connectivity index (χ2v) is 1.56. The molecule has 0 aromatic carbocycles. The molecule has 0 aliphatic carbocycles. The molecule has 0 bridgehead atoms. The van der Waals surface area contributed by atoms with Gasteiger partial charge < -0.3 is 0 Å². The molecule has 0 amide bonds. The van der Waals surface area contributed by atoms with Crippen LogP contribution in [0.5, 0.6) is 0 Å². The normalized spacial score (nSPS) is 10.6. The predicted molar refractivity (Wildman–Crippen MR) is 34.0 cm³/mol. The fourth-order valence-electron chi connectivity index (χ4n) is 0.429. The van der Waals surface area contributed by atoms with Gasteiger partial charge in [-0.15, -0.1) is 0 Å². The molecule has 0 heterocycles. The van der Waals surface area contributed by atoms with Gasteiger partial charge in [0.25, 0.3) is 0 Å². The maximum atomic E-state index is 3.72. The van der Waals surface area contributed by atoms with Crippen LogP contribution in [0.1, 0.15) is 26.2 Å². The Morgan fingerprint density at radius 3 is 2.71 bits per heavy atom. The van der Waals surface area contributed by atoms with E-state index in [0.29, 0.717) is 0 Å². The van der Waals surface area contributed by atoms with Gasteiger partial charge in [-0.2, -0.15) is 0 Å². The standard InChI is InChI=1S/C7H13/c1-3-5-7-6-4-2/h4,6H,1,3,5,7H2,2H3/b6-4-. The summed E-state index contributed by atoms with van der Waals surface area (Å²) in [6.07, 6.45) is 7.73. The molecular weight excluding hydrogens is 84.1 g/mol. The van der Waals surface area contributed by atoms with Crippen molar-refractivity contribution < 1.29 is 0 Å². The molecule has 0 saturated carbocycles. The summed E-state index contributed by atoms with van der Waals surface area (Å²) < 4.78 is 0. The highest BCUT2D eigenvalue weighted by atomic mass is 13.8. The SMILES string of the molecule is [CH2]CCC/C=C\C. The van der Waals surface area contributed by atoms with E-state index in [1.165, 1.54) is 12.8 Å². The maximum Gasteiger partial charge on any atom is -0.0351 e. The van der Waals surface area contributed by atoms with E-state index in [-0.39, 0.29) is 0 Å². The molecule has 0 aliphatic heterocycles. The van der Waals surface area contributed by atoms with Crippen LogP contribution >= 0.6 is 0 Å².